The minimum Gasteiger partial charge on any atom is -0.365 e. The Balaban J connectivity index is 2.38. The summed E-state index contributed by atoms with van der Waals surface area (Å²) in [6, 6.07) is 5.80. The van der Waals surface area contributed by atoms with Gasteiger partial charge in [0.25, 0.3) is 5.91 Å². The Kier molecular flexibility index (Phi) is 2.84. The lowest BCUT2D eigenvalue weighted by atomic mass is 10.1. The van der Waals surface area contributed by atoms with E-state index in [2.05, 4.69) is 11.1 Å². The van der Waals surface area contributed by atoms with Gasteiger partial charge in [-0.1, -0.05) is 6.08 Å². The number of nitriles is 1. The number of hydrogen-bond acceptors (Lipinski definition) is 3. The molecule has 2 N–H and O–H groups in total. The topological polar surface area (TPSA) is 84.7 Å². The maximum Gasteiger partial charge on any atom is 0.252 e. The summed E-state index contributed by atoms with van der Waals surface area (Å²) in [5, 5.41) is 9.44. The lowest BCUT2D eigenvalue weighted by Crippen LogP contribution is -2.14. The molecule has 0 fully saturated rings. The lowest BCUT2D eigenvalue weighted by molar-refractivity contribution is 0.1000. The minimum atomic E-state index is -0.577. The van der Waals surface area contributed by atoms with Crippen LogP contribution in [-0.4, -0.2) is 15.5 Å². The molecule has 3 rings (SSSR count). The van der Waals surface area contributed by atoms with Crippen LogP contribution in [-0.2, 0) is 6.54 Å². The number of carbonyl (C=O) groups is 1. The molecule has 1 amide bonds. The summed E-state index contributed by atoms with van der Waals surface area (Å²) in [6.07, 6.45) is 8.05. The SMILES string of the molecule is N#Cc1c(C(N)=O)c2n(c1-c1cccnc1)CCC=C2. The van der Waals surface area contributed by atoms with E-state index >= 15 is 0 Å². The molecule has 0 saturated carbocycles. The largest absolute Gasteiger partial charge is 0.365 e. The van der Waals surface area contributed by atoms with Gasteiger partial charge >= 0.3 is 0 Å². The predicted octanol–water partition coefficient (Wildman–Crippen LogP) is 1.94. The molecule has 0 aromatic carbocycles. The highest BCUT2D eigenvalue weighted by Crippen LogP contribution is 2.33. The maximum absolute atomic E-state index is 11.7. The van der Waals surface area contributed by atoms with Gasteiger partial charge in [-0.05, 0) is 24.6 Å². The van der Waals surface area contributed by atoms with Crippen LogP contribution >= 0.6 is 0 Å². The van der Waals surface area contributed by atoms with E-state index in [1.807, 2.05) is 22.8 Å². The first-order valence-electron chi connectivity index (χ1n) is 6.27. The van der Waals surface area contributed by atoms with Crippen LogP contribution in [0.1, 0.15) is 28.0 Å². The molecule has 2 aromatic rings. The van der Waals surface area contributed by atoms with Crippen molar-refractivity contribution in [1.82, 2.24) is 9.55 Å². The van der Waals surface area contributed by atoms with Crippen LogP contribution in [0.25, 0.3) is 17.3 Å². The summed E-state index contributed by atoms with van der Waals surface area (Å²) in [6.45, 7) is 0.720. The van der Waals surface area contributed by atoms with Gasteiger partial charge in [-0.2, -0.15) is 5.26 Å². The van der Waals surface area contributed by atoms with Gasteiger partial charge < -0.3 is 10.3 Å². The third kappa shape index (κ3) is 1.70. The van der Waals surface area contributed by atoms with E-state index in [0.717, 1.165) is 18.5 Å². The number of rotatable bonds is 2. The van der Waals surface area contributed by atoms with Crippen molar-refractivity contribution in [2.24, 2.45) is 5.73 Å². The number of nitrogens with two attached hydrogens (primary N) is 1. The van der Waals surface area contributed by atoms with Gasteiger partial charge in [0, 0.05) is 24.5 Å². The van der Waals surface area contributed by atoms with Crippen molar-refractivity contribution in [3.63, 3.8) is 0 Å². The molecule has 98 valence electrons. The molecule has 0 unspecified atom stereocenters. The van der Waals surface area contributed by atoms with E-state index < -0.39 is 5.91 Å². The van der Waals surface area contributed by atoms with Gasteiger partial charge in [-0.3, -0.25) is 9.78 Å². The molecule has 3 heterocycles. The molecule has 0 atom stereocenters. The summed E-state index contributed by atoms with van der Waals surface area (Å²) in [4.78, 5) is 15.8. The third-order valence-electron chi connectivity index (χ3n) is 3.39. The summed E-state index contributed by atoms with van der Waals surface area (Å²) in [5.41, 5.74) is 8.31. The van der Waals surface area contributed by atoms with Crippen LogP contribution in [0.15, 0.2) is 30.6 Å². The minimum absolute atomic E-state index is 0.294. The third-order valence-corrected chi connectivity index (χ3v) is 3.39. The average Bonchev–Trinajstić information content (AvgIpc) is 2.82. The number of allylic oxidation sites excluding steroid dienone is 1. The van der Waals surface area contributed by atoms with Crippen molar-refractivity contribution in [1.29, 1.82) is 5.26 Å². The normalized spacial score (nSPS) is 12.8. The van der Waals surface area contributed by atoms with Crippen molar-refractivity contribution in [3.8, 4) is 17.3 Å². The molecule has 0 spiro atoms. The van der Waals surface area contributed by atoms with E-state index in [4.69, 9.17) is 5.73 Å². The maximum atomic E-state index is 11.7. The summed E-state index contributed by atoms with van der Waals surface area (Å²) >= 11 is 0. The number of hydrogen-bond donors (Lipinski definition) is 1. The van der Waals surface area contributed by atoms with Gasteiger partial charge in [-0.25, -0.2) is 0 Å². The first-order valence-corrected chi connectivity index (χ1v) is 6.27. The van der Waals surface area contributed by atoms with Crippen LogP contribution in [0.3, 0.4) is 0 Å². The smallest absolute Gasteiger partial charge is 0.252 e. The van der Waals surface area contributed by atoms with Crippen molar-refractivity contribution >= 4 is 12.0 Å². The van der Waals surface area contributed by atoms with E-state index in [9.17, 15) is 10.1 Å². The van der Waals surface area contributed by atoms with E-state index in [1.54, 1.807) is 18.5 Å². The van der Waals surface area contributed by atoms with Gasteiger partial charge in [0.15, 0.2) is 0 Å². The fourth-order valence-corrected chi connectivity index (χ4v) is 2.60. The lowest BCUT2D eigenvalue weighted by Gasteiger charge is -2.14. The number of carbonyl (C=O) groups excluding carboxylic acids is 1. The Hall–Kier alpha value is -2.87. The Morgan fingerprint density at radius 1 is 1.50 bits per heavy atom. The van der Waals surface area contributed by atoms with Crippen molar-refractivity contribution < 1.29 is 4.79 Å². The highest BCUT2D eigenvalue weighted by atomic mass is 16.1. The number of fused-ring (bicyclic) bond motifs is 1. The van der Waals surface area contributed by atoms with Crippen LogP contribution in [0, 0.1) is 11.3 Å². The molecule has 1 aliphatic heterocycles. The van der Waals surface area contributed by atoms with Crippen LogP contribution < -0.4 is 5.73 Å². The predicted molar refractivity (Wildman–Crippen MR) is 74.5 cm³/mol. The fraction of sp³-hybridized carbons (Fsp3) is 0.133. The zero-order valence-electron chi connectivity index (χ0n) is 10.7. The molecule has 20 heavy (non-hydrogen) atoms. The Labute approximate surface area is 116 Å². The number of nitrogens with zero attached hydrogens (tertiary/aromatic N) is 3. The second-order valence-electron chi connectivity index (χ2n) is 4.54. The molecule has 0 bridgehead atoms. The van der Waals surface area contributed by atoms with Gasteiger partial charge in [0.1, 0.15) is 6.07 Å². The highest BCUT2D eigenvalue weighted by molar-refractivity contribution is 6.01. The van der Waals surface area contributed by atoms with Crippen LogP contribution in [0.5, 0.6) is 0 Å². The van der Waals surface area contributed by atoms with E-state index in [1.165, 1.54) is 0 Å². The Bertz CT molecular complexity index is 750. The zero-order valence-corrected chi connectivity index (χ0v) is 10.7. The summed E-state index contributed by atoms with van der Waals surface area (Å²) in [5.74, 6) is -0.577. The number of amides is 1. The van der Waals surface area contributed by atoms with Gasteiger partial charge in [-0.15, -0.1) is 0 Å². The highest BCUT2D eigenvalue weighted by Gasteiger charge is 2.26. The molecular weight excluding hydrogens is 252 g/mol. The average molecular weight is 264 g/mol. The number of pyridine rings is 1. The Morgan fingerprint density at radius 2 is 2.35 bits per heavy atom. The summed E-state index contributed by atoms with van der Waals surface area (Å²) in [7, 11) is 0. The fourth-order valence-electron chi connectivity index (χ4n) is 2.60. The van der Waals surface area contributed by atoms with Crippen LogP contribution in [0.4, 0.5) is 0 Å². The number of aromatic nitrogens is 2. The van der Waals surface area contributed by atoms with Gasteiger partial charge in [0.2, 0.25) is 0 Å². The van der Waals surface area contributed by atoms with E-state index in [0.29, 0.717) is 22.5 Å². The molecule has 5 heteroatoms. The van der Waals surface area contributed by atoms with Crippen molar-refractivity contribution in [2.75, 3.05) is 0 Å². The van der Waals surface area contributed by atoms with Gasteiger partial charge in [0.05, 0.1) is 22.5 Å². The Morgan fingerprint density at radius 3 is 3.00 bits per heavy atom. The first-order chi connectivity index (χ1) is 9.74. The molecule has 0 radical (unpaired) electrons. The molecule has 5 nitrogen and oxygen atoms in total. The molecule has 0 saturated heterocycles. The number of primary amides is 1. The second-order valence-corrected chi connectivity index (χ2v) is 4.54. The monoisotopic (exact) mass is 264 g/mol. The zero-order chi connectivity index (χ0) is 14.1. The second kappa shape index (κ2) is 4.67. The van der Waals surface area contributed by atoms with E-state index in [-0.39, 0.29) is 0 Å². The summed E-state index contributed by atoms with van der Waals surface area (Å²) < 4.78 is 1.97. The molecule has 1 aliphatic rings. The first kappa shape index (κ1) is 12.2. The molecular formula is C15H12N4O. The quantitative estimate of drug-likeness (QED) is 0.899. The standard InChI is InChI=1S/C15H12N4O/c16-8-11-13(15(17)20)12-5-1-2-7-19(12)14(11)10-4-3-6-18-9-10/h1,3-6,9H,2,7H2,(H2,17,20). The van der Waals surface area contributed by atoms with Crippen molar-refractivity contribution in [3.05, 3.63) is 47.4 Å². The van der Waals surface area contributed by atoms with Crippen LogP contribution in [0.2, 0.25) is 0 Å². The molecule has 2 aromatic heterocycles. The van der Waals surface area contributed by atoms with Crippen molar-refractivity contribution in [2.45, 2.75) is 13.0 Å². The molecule has 0 aliphatic carbocycles.